The van der Waals surface area contributed by atoms with Gasteiger partial charge >= 0.3 is 11.6 Å². The maximum Gasteiger partial charge on any atom is 0.365 e. The lowest BCUT2D eigenvalue weighted by molar-refractivity contribution is 0.0698. The zero-order valence-corrected chi connectivity index (χ0v) is 10.6. The molecular formula is C12H12N2O5. The van der Waals surface area contributed by atoms with Crippen LogP contribution in [0.5, 0.6) is 0 Å². The quantitative estimate of drug-likeness (QED) is 0.854. The number of nitrogens with zero attached hydrogens (tertiary/aromatic N) is 2. The molecule has 0 atom stereocenters. The number of carboxylic acid groups (broad SMARTS) is 1. The molecule has 0 aliphatic rings. The van der Waals surface area contributed by atoms with E-state index in [1.165, 1.54) is 24.1 Å². The van der Waals surface area contributed by atoms with Crippen molar-refractivity contribution in [2.24, 2.45) is 7.05 Å². The lowest BCUT2D eigenvalue weighted by Gasteiger charge is -2.11. The van der Waals surface area contributed by atoms with E-state index in [1.807, 2.05) is 0 Å². The molecule has 1 aromatic heterocycles. The van der Waals surface area contributed by atoms with Crippen molar-refractivity contribution in [2.45, 2.75) is 0 Å². The van der Waals surface area contributed by atoms with Gasteiger partial charge in [0.25, 0.3) is 5.91 Å². The van der Waals surface area contributed by atoms with Gasteiger partial charge in [0.1, 0.15) is 5.52 Å². The van der Waals surface area contributed by atoms with Gasteiger partial charge in [-0.15, -0.1) is 0 Å². The predicted octanol–water partition coefficient (Wildman–Crippen LogP) is 0.531. The highest BCUT2D eigenvalue weighted by molar-refractivity contribution is 6.06. The predicted molar refractivity (Wildman–Crippen MR) is 66.4 cm³/mol. The zero-order valence-electron chi connectivity index (χ0n) is 10.6. The highest BCUT2D eigenvalue weighted by Gasteiger charge is 2.20. The largest absolute Gasteiger partial charge is 0.478 e. The SMILES string of the molecule is CN(C)C(=O)c1cc(C(=O)O)c2c(c1)c(=O)on2C. The van der Waals surface area contributed by atoms with Crippen molar-refractivity contribution in [3.63, 3.8) is 0 Å². The molecular weight excluding hydrogens is 252 g/mol. The molecule has 19 heavy (non-hydrogen) atoms. The molecule has 0 bridgehead atoms. The van der Waals surface area contributed by atoms with Crippen LogP contribution in [-0.2, 0) is 7.05 Å². The fourth-order valence-corrected chi connectivity index (χ4v) is 1.89. The minimum Gasteiger partial charge on any atom is -0.478 e. The summed E-state index contributed by atoms with van der Waals surface area (Å²) in [5.74, 6) is -1.61. The Hall–Kier alpha value is -2.57. The molecule has 1 N–H and O–H groups in total. The number of amides is 1. The van der Waals surface area contributed by atoms with E-state index in [9.17, 15) is 19.5 Å². The molecule has 0 radical (unpaired) electrons. The summed E-state index contributed by atoms with van der Waals surface area (Å²) in [6.45, 7) is 0. The number of hydrogen-bond donors (Lipinski definition) is 1. The Morgan fingerprint density at radius 1 is 1.32 bits per heavy atom. The van der Waals surface area contributed by atoms with Gasteiger partial charge in [0.15, 0.2) is 0 Å². The number of hydrogen-bond acceptors (Lipinski definition) is 4. The van der Waals surface area contributed by atoms with Crippen molar-refractivity contribution in [1.29, 1.82) is 0 Å². The summed E-state index contributed by atoms with van der Waals surface area (Å²) < 4.78 is 5.91. The maximum absolute atomic E-state index is 11.9. The summed E-state index contributed by atoms with van der Waals surface area (Å²) in [6, 6.07) is 2.58. The third-order valence-corrected chi connectivity index (χ3v) is 2.75. The van der Waals surface area contributed by atoms with Crippen molar-refractivity contribution in [1.82, 2.24) is 9.64 Å². The number of fused-ring (bicyclic) bond motifs is 1. The topological polar surface area (TPSA) is 92.8 Å². The molecule has 0 aliphatic heterocycles. The first-order valence-electron chi connectivity index (χ1n) is 5.42. The average molecular weight is 264 g/mol. The van der Waals surface area contributed by atoms with Crippen LogP contribution in [0, 0.1) is 0 Å². The molecule has 0 aliphatic carbocycles. The number of carboxylic acids is 1. The fraction of sp³-hybridized carbons (Fsp3) is 0.250. The molecule has 0 spiro atoms. The summed E-state index contributed by atoms with van der Waals surface area (Å²) in [4.78, 5) is 36.0. The Bertz CT molecular complexity index is 738. The van der Waals surface area contributed by atoms with Gasteiger partial charge in [0, 0.05) is 26.7 Å². The van der Waals surface area contributed by atoms with E-state index >= 15 is 0 Å². The Labute approximate surface area is 107 Å². The number of aryl methyl sites for hydroxylation is 1. The first kappa shape index (κ1) is 12.9. The summed E-state index contributed by atoms with van der Waals surface area (Å²) in [7, 11) is 4.52. The monoisotopic (exact) mass is 264 g/mol. The first-order chi connectivity index (χ1) is 8.82. The number of aromatic carboxylic acids is 1. The third kappa shape index (κ3) is 1.99. The maximum atomic E-state index is 11.9. The molecule has 0 unspecified atom stereocenters. The Morgan fingerprint density at radius 2 is 1.95 bits per heavy atom. The van der Waals surface area contributed by atoms with Crippen molar-refractivity contribution < 1.29 is 19.2 Å². The fourth-order valence-electron chi connectivity index (χ4n) is 1.89. The number of carbonyl (C=O) groups excluding carboxylic acids is 1. The van der Waals surface area contributed by atoms with Gasteiger partial charge in [-0.05, 0) is 12.1 Å². The molecule has 2 rings (SSSR count). The van der Waals surface area contributed by atoms with Crippen LogP contribution in [0.25, 0.3) is 10.9 Å². The normalized spacial score (nSPS) is 10.7. The van der Waals surface area contributed by atoms with Crippen molar-refractivity contribution in [2.75, 3.05) is 14.1 Å². The summed E-state index contributed by atoms with van der Waals surface area (Å²) >= 11 is 0. The third-order valence-electron chi connectivity index (χ3n) is 2.75. The molecule has 0 fully saturated rings. The highest BCUT2D eigenvalue weighted by atomic mass is 16.5. The second kappa shape index (κ2) is 4.27. The van der Waals surface area contributed by atoms with Crippen LogP contribution >= 0.6 is 0 Å². The number of carbonyl (C=O) groups is 2. The molecule has 1 aromatic carbocycles. The van der Waals surface area contributed by atoms with E-state index in [0.717, 1.165) is 4.74 Å². The van der Waals surface area contributed by atoms with Crippen LogP contribution < -0.4 is 5.63 Å². The molecule has 0 saturated heterocycles. The number of aromatic nitrogens is 1. The lowest BCUT2D eigenvalue weighted by Crippen LogP contribution is -2.22. The smallest absolute Gasteiger partial charge is 0.365 e. The van der Waals surface area contributed by atoms with Crippen LogP contribution in [0.4, 0.5) is 0 Å². The van der Waals surface area contributed by atoms with Crippen molar-refractivity contribution in [3.05, 3.63) is 33.7 Å². The van der Waals surface area contributed by atoms with Gasteiger partial charge in [-0.2, -0.15) is 0 Å². The standard InChI is InChI=1S/C12H12N2O5/c1-13(2)10(15)6-4-7(11(16)17)9-8(5-6)12(18)19-14(9)3/h4-5H,1-3H3,(H,16,17). The van der Waals surface area contributed by atoms with Gasteiger partial charge in [-0.25, -0.2) is 14.3 Å². The molecule has 2 aromatic rings. The van der Waals surface area contributed by atoms with Gasteiger partial charge in [-0.1, -0.05) is 0 Å². The molecule has 100 valence electrons. The number of rotatable bonds is 2. The lowest BCUT2D eigenvalue weighted by atomic mass is 10.1. The van der Waals surface area contributed by atoms with Crippen LogP contribution in [0.3, 0.4) is 0 Å². The minimum absolute atomic E-state index is 0.0765. The summed E-state index contributed by atoms with van der Waals surface area (Å²) in [6.07, 6.45) is 0. The highest BCUT2D eigenvalue weighted by Crippen LogP contribution is 2.20. The number of benzene rings is 1. The molecule has 1 amide bonds. The van der Waals surface area contributed by atoms with E-state index in [2.05, 4.69) is 0 Å². The van der Waals surface area contributed by atoms with Crippen molar-refractivity contribution in [3.8, 4) is 0 Å². The van der Waals surface area contributed by atoms with Gasteiger partial charge in [0.2, 0.25) is 0 Å². The molecule has 7 heteroatoms. The second-order valence-electron chi connectivity index (χ2n) is 4.30. The first-order valence-corrected chi connectivity index (χ1v) is 5.42. The second-order valence-corrected chi connectivity index (χ2v) is 4.30. The van der Waals surface area contributed by atoms with E-state index in [-0.39, 0.29) is 27.9 Å². The zero-order chi connectivity index (χ0) is 14.3. The Balaban J connectivity index is 2.86. The van der Waals surface area contributed by atoms with Crippen LogP contribution in [0.2, 0.25) is 0 Å². The minimum atomic E-state index is -1.23. The van der Waals surface area contributed by atoms with Crippen molar-refractivity contribution >= 4 is 22.8 Å². The summed E-state index contributed by atoms with van der Waals surface area (Å²) in [5, 5.41) is 9.26. The summed E-state index contributed by atoms with van der Waals surface area (Å²) in [5.41, 5.74) is -0.523. The molecule has 1 heterocycles. The van der Waals surface area contributed by atoms with Gasteiger partial charge < -0.3 is 14.5 Å². The van der Waals surface area contributed by atoms with Gasteiger partial charge in [0.05, 0.1) is 10.9 Å². The Morgan fingerprint density at radius 3 is 2.47 bits per heavy atom. The van der Waals surface area contributed by atoms with Crippen LogP contribution in [0.15, 0.2) is 21.5 Å². The van der Waals surface area contributed by atoms with Gasteiger partial charge in [-0.3, -0.25) is 4.79 Å². The van der Waals surface area contributed by atoms with E-state index < -0.39 is 11.6 Å². The van der Waals surface area contributed by atoms with Crippen LogP contribution in [-0.4, -0.2) is 40.7 Å². The van der Waals surface area contributed by atoms with E-state index in [4.69, 9.17) is 4.52 Å². The van der Waals surface area contributed by atoms with E-state index in [1.54, 1.807) is 14.1 Å². The Kier molecular flexibility index (Phi) is 2.89. The molecule has 0 saturated carbocycles. The van der Waals surface area contributed by atoms with Crippen LogP contribution in [0.1, 0.15) is 20.7 Å². The average Bonchev–Trinajstić information content (AvgIpc) is 2.62. The molecule has 7 nitrogen and oxygen atoms in total. The van der Waals surface area contributed by atoms with E-state index in [0.29, 0.717) is 0 Å².